The predicted molar refractivity (Wildman–Crippen MR) is 130 cm³/mol. The van der Waals surface area contributed by atoms with Crippen LogP contribution in [0.3, 0.4) is 0 Å². The van der Waals surface area contributed by atoms with Gasteiger partial charge in [-0.3, -0.25) is 19.8 Å². The van der Waals surface area contributed by atoms with Crippen molar-refractivity contribution in [2.24, 2.45) is 0 Å². The van der Waals surface area contributed by atoms with E-state index in [9.17, 15) is 9.59 Å². The molecule has 1 aliphatic heterocycles. The number of para-hydroxylation sites is 2. The van der Waals surface area contributed by atoms with E-state index in [1.54, 1.807) is 30.3 Å². The molecule has 0 unspecified atom stereocenters. The first-order valence-corrected chi connectivity index (χ1v) is 10.4. The van der Waals surface area contributed by atoms with Crippen LogP contribution >= 0.6 is 12.2 Å². The lowest BCUT2D eigenvalue weighted by atomic mass is 10.0. The van der Waals surface area contributed by atoms with Gasteiger partial charge >= 0.3 is 0 Å². The topological polar surface area (TPSA) is 61.9 Å². The second-order valence-corrected chi connectivity index (χ2v) is 7.71. The van der Waals surface area contributed by atoms with Crippen LogP contribution in [0, 0.1) is 0 Å². The molecular formula is C25H21N3O3S. The Bertz CT molecular complexity index is 1200. The lowest BCUT2D eigenvalue weighted by Crippen LogP contribution is -2.54. The smallest absolute Gasteiger partial charge is 0.270 e. The fourth-order valence-electron chi connectivity index (χ4n) is 3.35. The predicted octanol–water partition coefficient (Wildman–Crippen LogP) is 4.38. The first kappa shape index (κ1) is 21.3. The van der Waals surface area contributed by atoms with Crippen molar-refractivity contribution in [2.45, 2.75) is 0 Å². The van der Waals surface area contributed by atoms with E-state index < -0.39 is 11.8 Å². The van der Waals surface area contributed by atoms with E-state index in [-0.39, 0.29) is 10.7 Å². The summed E-state index contributed by atoms with van der Waals surface area (Å²) in [6.45, 7) is 0. The quantitative estimate of drug-likeness (QED) is 0.360. The third-order valence-electron chi connectivity index (χ3n) is 4.89. The third kappa shape index (κ3) is 4.38. The number of benzene rings is 3. The van der Waals surface area contributed by atoms with Crippen molar-refractivity contribution in [1.29, 1.82) is 0 Å². The SMILES string of the molecule is CN(C)c1ccccc1/C=C1\C(=O)NC(=S)N(c2ccc(Oc3ccccc3)cc2)C1=O. The molecule has 1 heterocycles. The fraction of sp³-hybridized carbons (Fsp3) is 0.0800. The summed E-state index contributed by atoms with van der Waals surface area (Å²) < 4.78 is 5.81. The van der Waals surface area contributed by atoms with Gasteiger partial charge in [0, 0.05) is 19.8 Å². The monoisotopic (exact) mass is 443 g/mol. The molecule has 0 saturated carbocycles. The molecule has 160 valence electrons. The van der Waals surface area contributed by atoms with Crippen LogP contribution in [0.25, 0.3) is 6.08 Å². The Hall–Kier alpha value is -3.97. The minimum Gasteiger partial charge on any atom is -0.457 e. The first-order valence-electron chi connectivity index (χ1n) is 9.95. The van der Waals surface area contributed by atoms with E-state index in [0.29, 0.717) is 17.2 Å². The lowest BCUT2D eigenvalue weighted by molar-refractivity contribution is -0.122. The average Bonchev–Trinajstić information content (AvgIpc) is 2.78. The van der Waals surface area contributed by atoms with Gasteiger partial charge in [-0.1, -0.05) is 36.4 Å². The highest BCUT2D eigenvalue weighted by Crippen LogP contribution is 2.28. The fourth-order valence-corrected chi connectivity index (χ4v) is 3.63. The van der Waals surface area contributed by atoms with Gasteiger partial charge in [0.2, 0.25) is 0 Å². The van der Waals surface area contributed by atoms with Crippen LogP contribution in [-0.4, -0.2) is 31.0 Å². The molecule has 0 radical (unpaired) electrons. The van der Waals surface area contributed by atoms with Crippen LogP contribution in [-0.2, 0) is 9.59 Å². The molecule has 3 aromatic carbocycles. The highest BCUT2D eigenvalue weighted by atomic mass is 32.1. The maximum atomic E-state index is 13.3. The zero-order chi connectivity index (χ0) is 22.7. The normalized spacial score (nSPS) is 15.0. The molecule has 0 spiro atoms. The number of hydrogen-bond donors (Lipinski definition) is 1. The molecule has 1 N–H and O–H groups in total. The number of hydrogen-bond acceptors (Lipinski definition) is 5. The summed E-state index contributed by atoms with van der Waals surface area (Å²) in [6, 6.07) is 23.9. The molecule has 0 bridgehead atoms. The van der Waals surface area contributed by atoms with Crippen molar-refractivity contribution in [3.63, 3.8) is 0 Å². The zero-order valence-corrected chi connectivity index (χ0v) is 18.4. The van der Waals surface area contributed by atoms with Gasteiger partial charge < -0.3 is 9.64 Å². The zero-order valence-electron chi connectivity index (χ0n) is 17.6. The Kier molecular flexibility index (Phi) is 6.00. The number of ether oxygens (including phenoxy) is 1. The number of thiocarbonyl (C=S) groups is 1. The Morgan fingerprint density at radius 2 is 1.50 bits per heavy atom. The summed E-state index contributed by atoms with van der Waals surface area (Å²) in [7, 11) is 3.81. The summed E-state index contributed by atoms with van der Waals surface area (Å²) in [4.78, 5) is 29.1. The van der Waals surface area contributed by atoms with Gasteiger partial charge in [0.25, 0.3) is 11.8 Å². The summed E-state index contributed by atoms with van der Waals surface area (Å²) >= 11 is 5.29. The molecule has 1 saturated heterocycles. The number of nitrogens with zero attached hydrogens (tertiary/aromatic N) is 2. The van der Waals surface area contributed by atoms with Gasteiger partial charge in [0.1, 0.15) is 17.1 Å². The second-order valence-electron chi connectivity index (χ2n) is 7.32. The lowest BCUT2D eigenvalue weighted by Gasteiger charge is -2.29. The molecule has 0 aromatic heterocycles. The van der Waals surface area contributed by atoms with E-state index in [4.69, 9.17) is 17.0 Å². The molecular weight excluding hydrogens is 422 g/mol. The van der Waals surface area contributed by atoms with Gasteiger partial charge in [0.15, 0.2) is 5.11 Å². The molecule has 7 heteroatoms. The van der Waals surface area contributed by atoms with Crippen LogP contribution < -0.4 is 19.9 Å². The minimum absolute atomic E-state index is 0.0116. The molecule has 0 aliphatic carbocycles. The highest BCUT2D eigenvalue weighted by Gasteiger charge is 2.34. The van der Waals surface area contributed by atoms with Crippen molar-refractivity contribution in [3.05, 3.63) is 90.0 Å². The van der Waals surface area contributed by atoms with Crippen LogP contribution in [0.2, 0.25) is 0 Å². The number of nitrogens with one attached hydrogen (secondary N) is 1. The standard InChI is InChI=1S/C25H21N3O3S/c1-27(2)22-11-7-6-8-17(22)16-21-23(29)26-25(32)28(24(21)30)18-12-14-20(15-13-18)31-19-9-4-3-5-10-19/h3-16H,1-2H3,(H,26,29,32)/b21-16+. The number of rotatable bonds is 5. The van der Waals surface area contributed by atoms with E-state index in [1.165, 1.54) is 4.90 Å². The molecule has 32 heavy (non-hydrogen) atoms. The van der Waals surface area contributed by atoms with Crippen molar-refractivity contribution < 1.29 is 14.3 Å². The van der Waals surface area contributed by atoms with Crippen molar-refractivity contribution in [3.8, 4) is 11.5 Å². The van der Waals surface area contributed by atoms with Crippen molar-refractivity contribution in [1.82, 2.24) is 5.32 Å². The van der Waals surface area contributed by atoms with E-state index in [1.807, 2.05) is 73.6 Å². The van der Waals surface area contributed by atoms with Gasteiger partial charge in [0.05, 0.1) is 5.69 Å². The molecule has 4 rings (SSSR count). The van der Waals surface area contributed by atoms with Crippen LogP contribution in [0.4, 0.5) is 11.4 Å². The molecule has 1 aliphatic rings. The molecule has 1 fully saturated rings. The first-order chi connectivity index (χ1) is 15.4. The summed E-state index contributed by atoms with van der Waals surface area (Å²) in [5.41, 5.74) is 2.20. The Morgan fingerprint density at radius 3 is 2.19 bits per heavy atom. The highest BCUT2D eigenvalue weighted by molar-refractivity contribution is 7.80. The molecule has 6 nitrogen and oxygen atoms in total. The number of carbonyl (C=O) groups is 2. The second kappa shape index (κ2) is 9.03. The summed E-state index contributed by atoms with van der Waals surface area (Å²) in [5, 5.41) is 2.65. The molecule has 3 aromatic rings. The molecule has 0 atom stereocenters. The van der Waals surface area contributed by atoms with Crippen LogP contribution in [0.15, 0.2) is 84.4 Å². The Labute approximate surface area is 191 Å². The summed E-state index contributed by atoms with van der Waals surface area (Å²) in [6.07, 6.45) is 1.59. The van der Waals surface area contributed by atoms with E-state index >= 15 is 0 Å². The van der Waals surface area contributed by atoms with Crippen LogP contribution in [0.5, 0.6) is 11.5 Å². The Morgan fingerprint density at radius 1 is 0.875 bits per heavy atom. The van der Waals surface area contributed by atoms with Crippen molar-refractivity contribution >= 4 is 46.6 Å². The number of anilines is 2. The van der Waals surface area contributed by atoms with E-state index in [0.717, 1.165) is 11.3 Å². The third-order valence-corrected chi connectivity index (χ3v) is 5.18. The Balaban J connectivity index is 1.63. The maximum Gasteiger partial charge on any atom is 0.270 e. The van der Waals surface area contributed by atoms with Gasteiger partial charge in [-0.05, 0) is 66.3 Å². The van der Waals surface area contributed by atoms with Crippen molar-refractivity contribution in [2.75, 3.05) is 23.9 Å². The van der Waals surface area contributed by atoms with Gasteiger partial charge in [-0.2, -0.15) is 0 Å². The summed E-state index contributed by atoms with van der Waals surface area (Å²) in [5.74, 6) is 0.328. The number of amides is 2. The van der Waals surface area contributed by atoms with Crippen LogP contribution in [0.1, 0.15) is 5.56 Å². The minimum atomic E-state index is -0.520. The molecule has 2 amide bonds. The van der Waals surface area contributed by atoms with Gasteiger partial charge in [-0.25, -0.2) is 0 Å². The largest absolute Gasteiger partial charge is 0.457 e. The average molecular weight is 444 g/mol. The van der Waals surface area contributed by atoms with Gasteiger partial charge in [-0.15, -0.1) is 0 Å². The van der Waals surface area contributed by atoms with E-state index in [2.05, 4.69) is 5.32 Å². The maximum absolute atomic E-state index is 13.3. The number of carbonyl (C=O) groups excluding carboxylic acids is 2.